The first-order chi connectivity index (χ1) is 30.6. The number of hydrogen-bond donors (Lipinski definition) is 0. The molecule has 0 bridgehead atoms. The van der Waals surface area contributed by atoms with Crippen molar-refractivity contribution in [2.45, 2.75) is 5.41 Å². The maximum Gasteiger partial charge on any atom is 0.164 e. The molecule has 0 saturated heterocycles. The van der Waals surface area contributed by atoms with E-state index in [1.54, 1.807) is 12.1 Å². The number of nitrogens with zero attached hydrogens (tertiary/aromatic N) is 4. The molecule has 0 unspecified atom stereocenters. The monoisotopic (exact) mass is 792 g/mol. The fourth-order valence-corrected chi connectivity index (χ4v) is 8.88. The molecular weight excluding hydrogens is 757 g/mol. The molecule has 1 aliphatic heterocycles. The SMILES string of the molecule is N#Cc1ccc(-c2nc(-c3ccccc3)nc(-c3cccc(-c4cccc(-c5ccc6c(c5)C(c5ccccc5)(c5ccccc5)c5cc7ccccc7cc5O6)c4)c3)n2)cc1. The number of hydrogen-bond acceptors (Lipinski definition) is 5. The zero-order chi connectivity index (χ0) is 41.5. The van der Waals surface area contributed by atoms with Crippen LogP contribution in [-0.2, 0) is 5.41 Å². The maximum absolute atomic E-state index is 9.41. The normalized spacial score (nSPS) is 12.4. The molecule has 2 heterocycles. The summed E-state index contributed by atoms with van der Waals surface area (Å²) in [7, 11) is 0. The number of fused-ring (bicyclic) bond motifs is 3. The first kappa shape index (κ1) is 36.6. The molecule has 0 radical (unpaired) electrons. The van der Waals surface area contributed by atoms with Crippen molar-refractivity contribution in [2.24, 2.45) is 0 Å². The second kappa shape index (κ2) is 15.3. The molecule has 290 valence electrons. The van der Waals surface area contributed by atoms with E-state index >= 15 is 0 Å². The van der Waals surface area contributed by atoms with Crippen LogP contribution in [0.5, 0.6) is 11.5 Å². The van der Waals surface area contributed by atoms with Crippen LogP contribution in [0.2, 0.25) is 0 Å². The Morgan fingerprint density at radius 3 is 1.39 bits per heavy atom. The molecule has 0 amide bonds. The molecular formula is C57H36N4O. The van der Waals surface area contributed by atoms with Crippen LogP contribution < -0.4 is 4.74 Å². The lowest BCUT2D eigenvalue weighted by molar-refractivity contribution is 0.435. The summed E-state index contributed by atoms with van der Waals surface area (Å²) in [4.78, 5) is 14.8. The number of ether oxygens (including phenoxy) is 1. The minimum Gasteiger partial charge on any atom is -0.457 e. The van der Waals surface area contributed by atoms with Crippen molar-refractivity contribution in [3.8, 4) is 74.0 Å². The van der Waals surface area contributed by atoms with E-state index in [0.29, 0.717) is 23.0 Å². The zero-order valence-electron chi connectivity index (χ0n) is 33.5. The van der Waals surface area contributed by atoms with Gasteiger partial charge in [-0.3, -0.25) is 0 Å². The maximum atomic E-state index is 9.41. The summed E-state index contributed by atoms with van der Waals surface area (Å²) in [5, 5.41) is 11.7. The summed E-state index contributed by atoms with van der Waals surface area (Å²) in [5.74, 6) is 3.38. The first-order valence-corrected chi connectivity index (χ1v) is 20.6. The average Bonchev–Trinajstić information content (AvgIpc) is 3.35. The molecule has 10 aromatic rings. The molecule has 0 aliphatic carbocycles. The van der Waals surface area contributed by atoms with Crippen LogP contribution >= 0.6 is 0 Å². The summed E-state index contributed by atoms with van der Waals surface area (Å²) in [6.45, 7) is 0. The highest BCUT2D eigenvalue weighted by Crippen LogP contribution is 2.56. The van der Waals surface area contributed by atoms with Gasteiger partial charge in [0.05, 0.1) is 17.0 Å². The molecule has 11 rings (SSSR count). The van der Waals surface area contributed by atoms with Gasteiger partial charge in [-0.25, -0.2) is 15.0 Å². The van der Waals surface area contributed by atoms with Crippen molar-refractivity contribution in [2.75, 3.05) is 0 Å². The lowest BCUT2D eigenvalue weighted by Crippen LogP contribution is -2.34. The molecule has 62 heavy (non-hydrogen) atoms. The fourth-order valence-electron chi connectivity index (χ4n) is 8.88. The van der Waals surface area contributed by atoms with Crippen LogP contribution in [0.25, 0.3) is 67.2 Å². The number of benzene rings is 9. The van der Waals surface area contributed by atoms with Crippen LogP contribution in [0.3, 0.4) is 0 Å². The molecule has 0 atom stereocenters. The third-order valence-electron chi connectivity index (χ3n) is 11.9. The second-order valence-electron chi connectivity index (χ2n) is 15.5. The molecule has 0 fully saturated rings. The van der Waals surface area contributed by atoms with Gasteiger partial charge in [0.1, 0.15) is 11.5 Å². The Hall–Kier alpha value is -8.46. The van der Waals surface area contributed by atoms with E-state index < -0.39 is 5.41 Å². The largest absolute Gasteiger partial charge is 0.457 e. The Kier molecular flexibility index (Phi) is 9.03. The standard InChI is InChI=1S/C57H36N4O/c58-37-38-26-28-40(29-27-38)55-59-54(39-14-4-1-5-15-39)60-56(61-55)47-21-13-20-43(33-47)41-18-12-19-42(32-41)46-30-31-52-50(35-46)57(48-22-6-2-7-23-48,49-24-8-3-9-25-49)51-34-44-16-10-11-17-45(44)36-53(51)62-52/h1-36H. The van der Waals surface area contributed by atoms with Crippen molar-refractivity contribution in [3.63, 3.8) is 0 Å². The van der Waals surface area contributed by atoms with E-state index in [4.69, 9.17) is 19.7 Å². The predicted octanol–water partition coefficient (Wildman–Crippen LogP) is 13.7. The van der Waals surface area contributed by atoms with Gasteiger partial charge in [-0.15, -0.1) is 0 Å². The highest BCUT2D eigenvalue weighted by atomic mass is 16.5. The van der Waals surface area contributed by atoms with Gasteiger partial charge < -0.3 is 4.74 Å². The van der Waals surface area contributed by atoms with Gasteiger partial charge in [0, 0.05) is 27.8 Å². The molecule has 1 aromatic heterocycles. The van der Waals surface area contributed by atoms with Gasteiger partial charge in [0.2, 0.25) is 0 Å². The lowest BCUT2D eigenvalue weighted by atomic mass is 9.63. The fraction of sp³-hybridized carbons (Fsp3) is 0.0175. The highest BCUT2D eigenvalue weighted by Gasteiger charge is 2.45. The Labute approximate surface area is 359 Å². The van der Waals surface area contributed by atoms with Gasteiger partial charge >= 0.3 is 0 Å². The van der Waals surface area contributed by atoms with Gasteiger partial charge in [0.25, 0.3) is 0 Å². The Bertz CT molecular complexity index is 3280. The van der Waals surface area contributed by atoms with E-state index in [2.05, 4.69) is 164 Å². The highest BCUT2D eigenvalue weighted by molar-refractivity contribution is 5.88. The average molecular weight is 793 g/mol. The lowest BCUT2D eigenvalue weighted by Gasteiger charge is -2.42. The van der Waals surface area contributed by atoms with Crippen LogP contribution in [0.4, 0.5) is 0 Å². The van der Waals surface area contributed by atoms with E-state index in [1.165, 1.54) is 16.5 Å². The molecule has 1 aliphatic rings. The second-order valence-corrected chi connectivity index (χ2v) is 15.5. The van der Waals surface area contributed by atoms with Crippen LogP contribution in [-0.4, -0.2) is 15.0 Å². The Morgan fingerprint density at radius 1 is 0.355 bits per heavy atom. The molecule has 5 nitrogen and oxygen atoms in total. The molecule has 0 spiro atoms. The van der Waals surface area contributed by atoms with Gasteiger partial charge in [0.15, 0.2) is 17.5 Å². The van der Waals surface area contributed by atoms with Crippen LogP contribution in [0.1, 0.15) is 27.8 Å². The minimum absolute atomic E-state index is 0.542. The third kappa shape index (κ3) is 6.39. The van der Waals surface area contributed by atoms with E-state index in [1.807, 2.05) is 48.5 Å². The van der Waals surface area contributed by atoms with Crippen molar-refractivity contribution in [1.29, 1.82) is 5.26 Å². The molecule has 0 N–H and O–H groups in total. The zero-order valence-corrected chi connectivity index (χ0v) is 33.5. The summed E-state index contributed by atoms with van der Waals surface area (Å²) in [6.07, 6.45) is 0. The van der Waals surface area contributed by atoms with E-state index in [-0.39, 0.29) is 0 Å². The van der Waals surface area contributed by atoms with Gasteiger partial charge in [-0.2, -0.15) is 5.26 Å². The van der Waals surface area contributed by atoms with Crippen LogP contribution in [0, 0.1) is 11.3 Å². The summed E-state index contributed by atoms with van der Waals surface area (Å²) in [6, 6.07) is 77.8. The summed E-state index contributed by atoms with van der Waals surface area (Å²) in [5.41, 5.74) is 11.3. The van der Waals surface area contributed by atoms with Crippen molar-refractivity contribution >= 4 is 10.8 Å². The number of aromatic nitrogens is 3. The van der Waals surface area contributed by atoms with Gasteiger partial charge in [-0.05, 0) is 105 Å². The van der Waals surface area contributed by atoms with Crippen LogP contribution in [0.15, 0.2) is 218 Å². The van der Waals surface area contributed by atoms with E-state index in [9.17, 15) is 5.26 Å². The molecule has 9 aromatic carbocycles. The van der Waals surface area contributed by atoms with Crippen molar-refractivity contribution in [1.82, 2.24) is 15.0 Å². The summed E-state index contributed by atoms with van der Waals surface area (Å²) < 4.78 is 6.88. The quantitative estimate of drug-likeness (QED) is 0.161. The predicted molar refractivity (Wildman–Crippen MR) is 248 cm³/mol. The Balaban J connectivity index is 1.03. The van der Waals surface area contributed by atoms with Gasteiger partial charge in [-0.1, -0.05) is 158 Å². The minimum atomic E-state index is -0.656. The van der Waals surface area contributed by atoms with Crippen molar-refractivity contribution < 1.29 is 4.74 Å². The molecule has 0 saturated carbocycles. The van der Waals surface area contributed by atoms with E-state index in [0.717, 1.165) is 67.0 Å². The van der Waals surface area contributed by atoms with Crippen molar-refractivity contribution in [3.05, 3.63) is 246 Å². The number of nitriles is 1. The smallest absolute Gasteiger partial charge is 0.164 e. The number of rotatable bonds is 7. The topological polar surface area (TPSA) is 71.7 Å². The first-order valence-electron chi connectivity index (χ1n) is 20.6. The molecule has 5 heteroatoms. The summed E-state index contributed by atoms with van der Waals surface area (Å²) >= 11 is 0. The Morgan fingerprint density at radius 2 is 0.790 bits per heavy atom. The third-order valence-corrected chi connectivity index (χ3v) is 11.9.